The number of carbonyl (C=O) groups is 3. The number of hydrogen-bond acceptors (Lipinski definition) is 4. The molecule has 3 aliphatic carbocycles. The van der Waals surface area contributed by atoms with Crippen LogP contribution in [0.15, 0.2) is 24.3 Å². The first-order valence-corrected chi connectivity index (χ1v) is 13.4. The van der Waals surface area contributed by atoms with Crippen molar-refractivity contribution in [3.05, 3.63) is 24.3 Å². The van der Waals surface area contributed by atoms with Gasteiger partial charge in [-0.25, -0.2) is 4.79 Å². The van der Waals surface area contributed by atoms with Gasteiger partial charge < -0.3 is 15.0 Å². The number of fused-ring (bicyclic) bond motifs is 1. The number of rotatable bonds is 11. The molecule has 1 N–H and O–H groups in total. The lowest BCUT2D eigenvalue weighted by molar-refractivity contribution is -0.137. The maximum atomic E-state index is 13.9. The van der Waals surface area contributed by atoms with Crippen LogP contribution < -0.4 is 5.32 Å². The predicted molar refractivity (Wildman–Crippen MR) is 139 cm³/mol. The summed E-state index contributed by atoms with van der Waals surface area (Å²) in [4.78, 5) is 41.1. The van der Waals surface area contributed by atoms with E-state index in [0.717, 1.165) is 25.7 Å². The van der Waals surface area contributed by atoms with E-state index in [2.05, 4.69) is 50.4 Å². The summed E-state index contributed by atoms with van der Waals surface area (Å²) in [5.41, 5.74) is -0.885. The number of nitrogens with zero attached hydrogens (tertiary/aromatic N) is 1. The first-order chi connectivity index (χ1) is 16.2. The molecule has 6 nitrogen and oxygen atoms in total. The van der Waals surface area contributed by atoms with Gasteiger partial charge in [0.15, 0.2) is 0 Å². The van der Waals surface area contributed by atoms with Gasteiger partial charge in [0.2, 0.25) is 5.91 Å². The Kier molecular flexibility index (Phi) is 7.93. The number of alkyl carbamates (subject to hydrolysis) is 1. The first kappa shape index (κ1) is 27.5. The zero-order chi connectivity index (χ0) is 26.2. The Labute approximate surface area is 211 Å². The molecule has 0 aliphatic heterocycles. The van der Waals surface area contributed by atoms with Gasteiger partial charge >= 0.3 is 6.09 Å². The molecule has 3 aliphatic rings. The normalized spacial score (nSPS) is 30.3. The van der Waals surface area contributed by atoms with Crippen molar-refractivity contribution in [2.75, 3.05) is 7.05 Å². The highest BCUT2D eigenvalue weighted by atomic mass is 16.6. The number of amides is 2. The third-order valence-electron chi connectivity index (χ3n) is 8.25. The molecule has 6 atom stereocenters. The van der Waals surface area contributed by atoms with E-state index >= 15 is 0 Å². The zero-order valence-electron chi connectivity index (χ0n) is 23.0. The van der Waals surface area contributed by atoms with Crippen molar-refractivity contribution in [2.24, 2.45) is 28.6 Å². The molecule has 6 heteroatoms. The number of hydrogen-bond donors (Lipinski definition) is 1. The Morgan fingerprint density at radius 1 is 1.17 bits per heavy atom. The molecule has 0 spiro atoms. The van der Waals surface area contributed by atoms with Crippen LogP contribution >= 0.6 is 0 Å². The van der Waals surface area contributed by atoms with Crippen LogP contribution in [-0.4, -0.2) is 47.4 Å². The highest BCUT2D eigenvalue weighted by molar-refractivity contribution is 5.89. The number of ketones is 1. The topological polar surface area (TPSA) is 75.7 Å². The molecule has 0 bridgehead atoms. The molecule has 35 heavy (non-hydrogen) atoms. The van der Waals surface area contributed by atoms with Crippen LogP contribution in [0.25, 0.3) is 0 Å². The van der Waals surface area contributed by atoms with Crippen molar-refractivity contribution in [3.63, 3.8) is 0 Å². The largest absolute Gasteiger partial charge is 0.444 e. The fourth-order valence-electron chi connectivity index (χ4n) is 6.04. The molecule has 0 aromatic rings. The lowest BCUT2D eigenvalue weighted by Crippen LogP contribution is -2.53. The van der Waals surface area contributed by atoms with Crippen molar-refractivity contribution >= 4 is 17.8 Å². The third kappa shape index (κ3) is 6.18. The van der Waals surface area contributed by atoms with Crippen molar-refractivity contribution in [1.29, 1.82) is 0 Å². The summed E-state index contributed by atoms with van der Waals surface area (Å²) in [6.45, 7) is 13.8. The number of nitrogens with one attached hydrogen (secondary N) is 1. The van der Waals surface area contributed by atoms with E-state index in [0.29, 0.717) is 24.5 Å². The molecular formula is C29H46N2O4. The molecule has 2 fully saturated rings. The highest BCUT2D eigenvalue weighted by Crippen LogP contribution is 2.60. The van der Waals surface area contributed by atoms with E-state index in [9.17, 15) is 14.4 Å². The van der Waals surface area contributed by atoms with Crippen molar-refractivity contribution in [3.8, 4) is 0 Å². The average molecular weight is 487 g/mol. The van der Waals surface area contributed by atoms with E-state index in [-0.39, 0.29) is 34.6 Å². The van der Waals surface area contributed by atoms with E-state index in [1.165, 1.54) is 0 Å². The molecule has 0 radical (unpaired) electrons. The van der Waals surface area contributed by atoms with Gasteiger partial charge in [-0.2, -0.15) is 0 Å². The maximum absolute atomic E-state index is 13.9. The Balaban J connectivity index is 1.75. The van der Waals surface area contributed by atoms with E-state index in [4.69, 9.17) is 4.74 Å². The number of ether oxygens (including phenoxy) is 1. The molecule has 196 valence electrons. The molecule has 0 heterocycles. The number of allylic oxidation sites excluding steroid dienone is 4. The second-order valence-corrected chi connectivity index (χ2v) is 12.6. The van der Waals surface area contributed by atoms with Gasteiger partial charge in [-0.3, -0.25) is 9.59 Å². The Morgan fingerprint density at radius 3 is 2.43 bits per heavy atom. The average Bonchev–Trinajstić information content (AvgIpc) is 3.64. The predicted octanol–water partition coefficient (Wildman–Crippen LogP) is 5.67. The van der Waals surface area contributed by atoms with Crippen LogP contribution in [0.5, 0.6) is 0 Å². The van der Waals surface area contributed by atoms with Crippen molar-refractivity contribution in [1.82, 2.24) is 10.2 Å². The molecule has 0 saturated heterocycles. The lowest BCUT2D eigenvalue weighted by Gasteiger charge is -2.36. The fourth-order valence-corrected chi connectivity index (χ4v) is 6.04. The van der Waals surface area contributed by atoms with E-state index in [1.807, 2.05) is 34.7 Å². The molecule has 0 aromatic carbocycles. The Bertz CT molecular complexity index is 886. The molecule has 2 amide bonds. The van der Waals surface area contributed by atoms with Gasteiger partial charge in [0, 0.05) is 24.9 Å². The minimum absolute atomic E-state index is 0.0550. The van der Waals surface area contributed by atoms with Gasteiger partial charge in [-0.15, -0.1) is 0 Å². The Morgan fingerprint density at radius 2 is 1.86 bits per heavy atom. The molecule has 2 saturated carbocycles. The molecular weight excluding hydrogens is 440 g/mol. The van der Waals surface area contributed by atoms with E-state index in [1.54, 1.807) is 4.90 Å². The minimum Gasteiger partial charge on any atom is -0.444 e. The van der Waals surface area contributed by atoms with Crippen LogP contribution in [0, 0.1) is 28.6 Å². The van der Waals surface area contributed by atoms with Gasteiger partial charge in [-0.05, 0) is 76.0 Å². The third-order valence-corrected chi connectivity index (χ3v) is 8.25. The van der Waals surface area contributed by atoms with E-state index < -0.39 is 17.7 Å². The van der Waals surface area contributed by atoms with Crippen LogP contribution in [0.4, 0.5) is 4.79 Å². The summed E-state index contributed by atoms with van der Waals surface area (Å²) in [5.74, 6) is 1.08. The minimum atomic E-state index is -0.664. The monoisotopic (exact) mass is 486 g/mol. The summed E-state index contributed by atoms with van der Waals surface area (Å²) in [7, 11) is 1.83. The summed E-state index contributed by atoms with van der Waals surface area (Å²) < 4.78 is 5.49. The summed E-state index contributed by atoms with van der Waals surface area (Å²) >= 11 is 0. The molecule has 4 unspecified atom stereocenters. The molecule has 3 rings (SSSR count). The smallest absolute Gasteiger partial charge is 0.408 e. The maximum Gasteiger partial charge on any atom is 0.408 e. The van der Waals surface area contributed by atoms with Crippen LogP contribution in [-0.2, 0) is 14.3 Å². The number of likely N-dealkylation sites (N-methyl/N-ethyl adjacent to an activating group) is 1. The summed E-state index contributed by atoms with van der Waals surface area (Å²) in [6, 6.07) is -0.719. The van der Waals surface area contributed by atoms with Crippen molar-refractivity contribution in [2.45, 2.75) is 105 Å². The van der Waals surface area contributed by atoms with Gasteiger partial charge in [0.25, 0.3) is 0 Å². The molecule has 0 aromatic heterocycles. The SMILES string of the molecule is CCCC(=O)C1(C)CC1[C@H](C(C)C)N(C)C(=O)[C@H](CCC12C=CC=CC1C2)NC(=O)OC(C)(C)C. The van der Waals surface area contributed by atoms with Crippen LogP contribution in [0.3, 0.4) is 0 Å². The fraction of sp³-hybridized carbons (Fsp3) is 0.759. The quantitative estimate of drug-likeness (QED) is 0.408. The van der Waals surface area contributed by atoms with Gasteiger partial charge in [0.05, 0.1) is 0 Å². The summed E-state index contributed by atoms with van der Waals surface area (Å²) in [6.07, 6.45) is 12.8. The lowest BCUT2D eigenvalue weighted by atomic mass is 9.88. The van der Waals surface area contributed by atoms with Crippen LogP contribution in [0.1, 0.15) is 87.0 Å². The summed E-state index contributed by atoms with van der Waals surface area (Å²) in [5, 5.41) is 2.89. The number of carbonyl (C=O) groups excluding carboxylic acids is 3. The Hall–Kier alpha value is -2.11. The highest BCUT2D eigenvalue weighted by Gasteiger charge is 2.60. The van der Waals surface area contributed by atoms with Gasteiger partial charge in [-0.1, -0.05) is 52.0 Å². The second kappa shape index (κ2) is 10.1. The van der Waals surface area contributed by atoms with Gasteiger partial charge in [0.1, 0.15) is 17.4 Å². The van der Waals surface area contributed by atoms with Crippen molar-refractivity contribution < 1.29 is 19.1 Å². The first-order valence-electron chi connectivity index (χ1n) is 13.4. The zero-order valence-corrected chi connectivity index (χ0v) is 23.0. The standard InChI is InChI=1S/C29H46N2O4/c1-9-12-23(32)28(7)18-21(28)24(19(2)3)31(8)25(33)22(30-26(34)35-27(4,5)6)14-16-29-15-11-10-13-20(29)17-29/h10-11,13,15,19-22,24H,9,12,14,16-18H2,1-8H3,(H,30,34)/t20?,21?,22-,24-,28?,29?/m0/s1. The van der Waals surface area contributed by atoms with Crippen LogP contribution in [0.2, 0.25) is 0 Å². The number of Topliss-reactive ketones (excluding diaryl/α,β-unsaturated/α-hetero) is 1. The second-order valence-electron chi connectivity index (χ2n) is 12.6.